The van der Waals surface area contributed by atoms with Crippen LogP contribution in [-0.2, 0) is 16.4 Å². The number of aryl methyl sites for hydroxylation is 1. The van der Waals surface area contributed by atoms with Gasteiger partial charge < -0.3 is 0 Å². The lowest BCUT2D eigenvalue weighted by Gasteiger charge is -2.19. The smallest absolute Gasteiger partial charge is 0.212 e. The maximum absolute atomic E-state index is 12.3. The van der Waals surface area contributed by atoms with Gasteiger partial charge in [-0.3, -0.25) is 0 Å². The lowest BCUT2D eigenvalue weighted by Crippen LogP contribution is -2.35. The summed E-state index contributed by atoms with van der Waals surface area (Å²) in [7, 11) is -3.25. The monoisotopic (exact) mass is 277 g/mol. The number of benzene rings is 1. The van der Waals surface area contributed by atoms with Gasteiger partial charge in [0.2, 0.25) is 10.0 Å². The molecule has 2 rings (SSSR count). The van der Waals surface area contributed by atoms with Crippen molar-refractivity contribution < 1.29 is 8.42 Å². The molecule has 102 valence electrons. The SMILES string of the molecule is C#CCN(CC1CC1)S(=O)(=O)CCc1ccccc1. The third kappa shape index (κ3) is 4.38. The summed E-state index contributed by atoms with van der Waals surface area (Å²) in [5, 5.41) is 0. The Morgan fingerprint density at radius 2 is 1.95 bits per heavy atom. The van der Waals surface area contributed by atoms with E-state index in [1.807, 2.05) is 30.3 Å². The predicted molar refractivity (Wildman–Crippen MR) is 77.1 cm³/mol. The molecule has 0 atom stereocenters. The highest BCUT2D eigenvalue weighted by Crippen LogP contribution is 2.30. The van der Waals surface area contributed by atoms with Gasteiger partial charge in [-0.2, -0.15) is 4.31 Å². The van der Waals surface area contributed by atoms with Gasteiger partial charge in [0.25, 0.3) is 0 Å². The highest BCUT2D eigenvalue weighted by atomic mass is 32.2. The Bertz CT molecular complexity index is 541. The molecule has 1 aromatic carbocycles. The molecule has 1 saturated carbocycles. The summed E-state index contributed by atoms with van der Waals surface area (Å²) in [6.45, 7) is 0.773. The van der Waals surface area contributed by atoms with Crippen LogP contribution in [0.1, 0.15) is 18.4 Å². The third-order valence-electron chi connectivity index (χ3n) is 3.31. The van der Waals surface area contributed by atoms with Gasteiger partial charge in [-0.15, -0.1) is 6.42 Å². The van der Waals surface area contributed by atoms with E-state index in [1.165, 1.54) is 4.31 Å². The fourth-order valence-corrected chi connectivity index (χ4v) is 3.45. The van der Waals surface area contributed by atoms with E-state index < -0.39 is 10.0 Å². The first kappa shape index (κ1) is 14.1. The highest BCUT2D eigenvalue weighted by Gasteiger charge is 2.29. The van der Waals surface area contributed by atoms with Crippen LogP contribution in [-0.4, -0.2) is 31.6 Å². The van der Waals surface area contributed by atoms with Crippen molar-refractivity contribution in [1.29, 1.82) is 0 Å². The van der Waals surface area contributed by atoms with Crippen molar-refractivity contribution in [1.82, 2.24) is 4.31 Å². The molecule has 0 radical (unpaired) electrons. The molecule has 0 aromatic heterocycles. The van der Waals surface area contributed by atoms with E-state index in [4.69, 9.17) is 6.42 Å². The molecule has 0 aliphatic heterocycles. The molecule has 0 unspecified atom stereocenters. The molecule has 0 heterocycles. The van der Waals surface area contributed by atoms with E-state index in [1.54, 1.807) is 0 Å². The Kier molecular flexibility index (Phi) is 4.62. The van der Waals surface area contributed by atoms with Gasteiger partial charge in [0.1, 0.15) is 0 Å². The Hall–Kier alpha value is -1.31. The van der Waals surface area contributed by atoms with Crippen LogP contribution in [0.15, 0.2) is 30.3 Å². The molecule has 0 amide bonds. The van der Waals surface area contributed by atoms with Crippen LogP contribution in [0.25, 0.3) is 0 Å². The minimum Gasteiger partial charge on any atom is -0.212 e. The number of sulfonamides is 1. The molecule has 0 spiro atoms. The molecule has 1 aliphatic rings. The number of hydrogen-bond donors (Lipinski definition) is 0. The van der Waals surface area contributed by atoms with E-state index in [0.717, 1.165) is 18.4 Å². The highest BCUT2D eigenvalue weighted by molar-refractivity contribution is 7.89. The van der Waals surface area contributed by atoms with Crippen LogP contribution in [0.2, 0.25) is 0 Å². The Labute approximate surface area is 115 Å². The standard InChI is InChI=1S/C15H19NO2S/c1-2-11-16(13-15-8-9-15)19(17,18)12-10-14-6-4-3-5-7-14/h1,3-7,15H,8-13H2. The van der Waals surface area contributed by atoms with Gasteiger partial charge in [0, 0.05) is 6.54 Å². The van der Waals surface area contributed by atoms with Gasteiger partial charge in [0.15, 0.2) is 0 Å². The number of nitrogens with zero attached hydrogens (tertiary/aromatic N) is 1. The van der Waals surface area contributed by atoms with Crippen LogP contribution in [0.5, 0.6) is 0 Å². The lowest BCUT2D eigenvalue weighted by atomic mass is 10.2. The summed E-state index contributed by atoms with van der Waals surface area (Å²) in [6.07, 6.45) is 8.05. The second kappa shape index (κ2) is 6.23. The van der Waals surface area contributed by atoms with E-state index in [0.29, 0.717) is 18.9 Å². The van der Waals surface area contributed by atoms with Gasteiger partial charge in [-0.25, -0.2) is 8.42 Å². The van der Waals surface area contributed by atoms with E-state index in [2.05, 4.69) is 5.92 Å². The van der Waals surface area contributed by atoms with Crippen molar-refractivity contribution in [2.24, 2.45) is 5.92 Å². The van der Waals surface area contributed by atoms with E-state index in [9.17, 15) is 8.42 Å². The van der Waals surface area contributed by atoms with Gasteiger partial charge in [-0.1, -0.05) is 36.3 Å². The fourth-order valence-electron chi connectivity index (χ4n) is 1.99. The second-order valence-electron chi connectivity index (χ2n) is 4.99. The Morgan fingerprint density at radius 3 is 2.53 bits per heavy atom. The zero-order valence-corrected chi connectivity index (χ0v) is 11.8. The normalized spacial score (nSPS) is 15.4. The molecule has 3 nitrogen and oxygen atoms in total. The molecule has 19 heavy (non-hydrogen) atoms. The van der Waals surface area contributed by atoms with Gasteiger partial charge in [0.05, 0.1) is 12.3 Å². The van der Waals surface area contributed by atoms with Crippen LogP contribution < -0.4 is 0 Å². The first-order valence-electron chi connectivity index (χ1n) is 6.57. The van der Waals surface area contributed by atoms with Crippen LogP contribution in [0.4, 0.5) is 0 Å². The molecule has 1 aliphatic carbocycles. The number of rotatable bonds is 7. The van der Waals surface area contributed by atoms with Crippen molar-refractivity contribution in [2.45, 2.75) is 19.3 Å². The van der Waals surface area contributed by atoms with Crippen molar-refractivity contribution in [3.05, 3.63) is 35.9 Å². The fraction of sp³-hybridized carbons (Fsp3) is 0.467. The molecule has 1 fully saturated rings. The molecule has 4 heteroatoms. The first-order valence-corrected chi connectivity index (χ1v) is 8.18. The topological polar surface area (TPSA) is 37.4 Å². The van der Waals surface area contributed by atoms with E-state index >= 15 is 0 Å². The van der Waals surface area contributed by atoms with Crippen LogP contribution in [0, 0.1) is 18.3 Å². The third-order valence-corrected chi connectivity index (χ3v) is 5.10. The summed E-state index contributed by atoms with van der Waals surface area (Å²) in [6, 6.07) is 9.66. The maximum atomic E-state index is 12.3. The minimum absolute atomic E-state index is 0.130. The largest absolute Gasteiger partial charge is 0.215 e. The van der Waals surface area contributed by atoms with Crippen LogP contribution in [0.3, 0.4) is 0 Å². The quantitative estimate of drug-likeness (QED) is 0.714. The summed E-state index contributed by atoms with van der Waals surface area (Å²) < 4.78 is 26.0. The van der Waals surface area contributed by atoms with Crippen molar-refractivity contribution in [3.8, 4) is 12.3 Å². The second-order valence-corrected chi connectivity index (χ2v) is 7.08. The minimum atomic E-state index is -3.25. The van der Waals surface area contributed by atoms with Gasteiger partial charge in [-0.05, 0) is 30.7 Å². The van der Waals surface area contributed by atoms with Crippen molar-refractivity contribution >= 4 is 10.0 Å². The van der Waals surface area contributed by atoms with Crippen LogP contribution >= 0.6 is 0 Å². The van der Waals surface area contributed by atoms with Crippen molar-refractivity contribution in [3.63, 3.8) is 0 Å². The molecule has 0 saturated heterocycles. The van der Waals surface area contributed by atoms with E-state index in [-0.39, 0.29) is 12.3 Å². The molecular weight excluding hydrogens is 258 g/mol. The number of terminal acetylenes is 1. The van der Waals surface area contributed by atoms with Crippen molar-refractivity contribution in [2.75, 3.05) is 18.8 Å². The predicted octanol–water partition coefficient (Wildman–Crippen LogP) is 1.90. The average Bonchev–Trinajstić information content (AvgIpc) is 3.21. The lowest BCUT2D eigenvalue weighted by molar-refractivity contribution is 0.430. The maximum Gasteiger partial charge on any atom is 0.215 e. The summed E-state index contributed by atoms with van der Waals surface area (Å²) in [5.41, 5.74) is 1.04. The summed E-state index contributed by atoms with van der Waals surface area (Å²) in [4.78, 5) is 0. The summed E-state index contributed by atoms with van der Waals surface area (Å²) >= 11 is 0. The molecule has 1 aromatic rings. The molecule has 0 N–H and O–H groups in total. The molecular formula is C15H19NO2S. The Balaban J connectivity index is 1.96. The number of hydrogen-bond acceptors (Lipinski definition) is 2. The zero-order valence-electron chi connectivity index (χ0n) is 11.0. The Morgan fingerprint density at radius 1 is 1.26 bits per heavy atom. The van der Waals surface area contributed by atoms with Gasteiger partial charge >= 0.3 is 0 Å². The summed E-state index contributed by atoms with van der Waals surface area (Å²) in [5.74, 6) is 3.10. The first-order chi connectivity index (χ1) is 9.12. The molecule has 0 bridgehead atoms. The zero-order chi connectivity index (χ0) is 13.7. The average molecular weight is 277 g/mol.